The van der Waals surface area contributed by atoms with Crippen LogP contribution in [0.1, 0.15) is 40.9 Å². The molecule has 0 bridgehead atoms. The van der Waals surface area contributed by atoms with Gasteiger partial charge in [0.05, 0.1) is 21.2 Å². The topological polar surface area (TPSA) is 75.3 Å². The molecular weight excluding hydrogens is 432 g/mol. The fourth-order valence-corrected chi connectivity index (χ4v) is 4.59. The third-order valence-corrected chi connectivity index (χ3v) is 6.74. The lowest BCUT2D eigenvalue weighted by Crippen LogP contribution is -2.16. The van der Waals surface area contributed by atoms with Crippen LogP contribution >= 0.6 is 11.6 Å². The minimum absolute atomic E-state index is 0.152. The van der Waals surface area contributed by atoms with Crippen LogP contribution in [0.25, 0.3) is 0 Å². The molecule has 0 fully saturated rings. The Hall–Kier alpha value is -2.83. The molecule has 0 saturated carbocycles. The largest absolute Gasteiger partial charge is 0.321 e. The highest BCUT2D eigenvalue weighted by molar-refractivity contribution is 7.92. The molecule has 0 aliphatic rings. The summed E-state index contributed by atoms with van der Waals surface area (Å²) in [7, 11) is -3.76. The van der Waals surface area contributed by atoms with E-state index in [0.717, 1.165) is 35.2 Å². The standard InChI is InChI=1S/C24H25ClN2O3S/c1-4-17-7-6-8-18(5-2)23(17)26-24(28)21-14-11-19(15-22(21)25)27-31(29,30)20-12-9-16(3)10-13-20/h6-15,27H,4-5H2,1-3H3,(H,26,28). The van der Waals surface area contributed by atoms with Gasteiger partial charge in [0.1, 0.15) is 0 Å². The second-order valence-electron chi connectivity index (χ2n) is 7.23. The summed E-state index contributed by atoms with van der Waals surface area (Å²) in [5, 5.41) is 3.14. The highest BCUT2D eigenvalue weighted by atomic mass is 35.5. The summed E-state index contributed by atoms with van der Waals surface area (Å²) in [5.74, 6) is -0.339. The van der Waals surface area contributed by atoms with E-state index in [1.54, 1.807) is 12.1 Å². The van der Waals surface area contributed by atoms with Crippen molar-refractivity contribution in [2.24, 2.45) is 0 Å². The molecule has 0 saturated heterocycles. The number of benzene rings is 3. The van der Waals surface area contributed by atoms with Gasteiger partial charge in [0.2, 0.25) is 0 Å². The Morgan fingerprint density at radius 3 is 2.10 bits per heavy atom. The van der Waals surface area contributed by atoms with E-state index in [2.05, 4.69) is 10.0 Å². The molecule has 0 aliphatic heterocycles. The molecule has 0 unspecified atom stereocenters. The van der Waals surface area contributed by atoms with E-state index in [4.69, 9.17) is 11.6 Å². The summed E-state index contributed by atoms with van der Waals surface area (Å²) < 4.78 is 27.7. The molecule has 31 heavy (non-hydrogen) atoms. The predicted molar refractivity (Wildman–Crippen MR) is 127 cm³/mol. The van der Waals surface area contributed by atoms with Crippen LogP contribution in [0.2, 0.25) is 5.02 Å². The van der Waals surface area contributed by atoms with Gasteiger partial charge in [-0.3, -0.25) is 9.52 Å². The van der Waals surface area contributed by atoms with Crippen molar-refractivity contribution < 1.29 is 13.2 Å². The van der Waals surface area contributed by atoms with Crippen LogP contribution in [0.4, 0.5) is 11.4 Å². The Balaban J connectivity index is 1.83. The number of sulfonamides is 1. The van der Waals surface area contributed by atoms with Gasteiger partial charge >= 0.3 is 0 Å². The first-order chi connectivity index (χ1) is 14.7. The van der Waals surface area contributed by atoms with Crippen molar-refractivity contribution in [1.29, 1.82) is 0 Å². The smallest absolute Gasteiger partial charge is 0.261 e. The number of carbonyl (C=O) groups is 1. The number of nitrogens with one attached hydrogen (secondary N) is 2. The van der Waals surface area contributed by atoms with Crippen LogP contribution < -0.4 is 10.0 Å². The number of amides is 1. The van der Waals surface area contributed by atoms with Gasteiger partial charge in [0.15, 0.2) is 0 Å². The van der Waals surface area contributed by atoms with Crippen molar-refractivity contribution in [3.05, 3.63) is 87.9 Å². The zero-order valence-electron chi connectivity index (χ0n) is 17.7. The number of hydrogen-bond acceptors (Lipinski definition) is 3. The molecule has 1 amide bonds. The summed E-state index contributed by atoms with van der Waals surface area (Å²) in [5.41, 5.74) is 4.42. The zero-order chi connectivity index (χ0) is 22.6. The van der Waals surface area contributed by atoms with Gasteiger partial charge in [0, 0.05) is 5.69 Å². The molecule has 3 aromatic carbocycles. The van der Waals surface area contributed by atoms with E-state index in [-0.39, 0.29) is 27.1 Å². The molecule has 0 aliphatic carbocycles. The summed E-state index contributed by atoms with van der Waals surface area (Å²) in [6.07, 6.45) is 1.58. The number of halogens is 1. The van der Waals surface area contributed by atoms with Crippen LogP contribution in [-0.2, 0) is 22.9 Å². The van der Waals surface area contributed by atoms with Gasteiger partial charge in [-0.2, -0.15) is 0 Å². The molecule has 5 nitrogen and oxygen atoms in total. The molecule has 162 valence electrons. The molecule has 3 aromatic rings. The van der Waals surface area contributed by atoms with Crippen molar-refractivity contribution in [2.75, 3.05) is 10.0 Å². The van der Waals surface area contributed by atoms with Gasteiger partial charge in [-0.1, -0.05) is 61.3 Å². The molecular formula is C24H25ClN2O3S. The fraction of sp³-hybridized carbons (Fsp3) is 0.208. The molecule has 7 heteroatoms. The SMILES string of the molecule is CCc1cccc(CC)c1NC(=O)c1ccc(NS(=O)(=O)c2ccc(C)cc2)cc1Cl. The third-order valence-electron chi connectivity index (χ3n) is 5.03. The van der Waals surface area contributed by atoms with Crippen LogP contribution in [0.15, 0.2) is 65.6 Å². The number of aryl methyl sites for hydroxylation is 3. The Bertz CT molecular complexity index is 1180. The summed E-state index contributed by atoms with van der Waals surface area (Å²) in [4.78, 5) is 13.0. The Labute approximate surface area is 188 Å². The van der Waals surface area contributed by atoms with E-state index in [1.165, 1.54) is 30.3 Å². The average molecular weight is 457 g/mol. The molecule has 2 N–H and O–H groups in total. The predicted octanol–water partition coefficient (Wildman–Crippen LogP) is 5.83. The molecule has 0 atom stereocenters. The Kier molecular flexibility index (Phi) is 7.03. The number of para-hydroxylation sites is 1. The number of hydrogen-bond donors (Lipinski definition) is 2. The van der Waals surface area contributed by atoms with Crippen LogP contribution in [0.3, 0.4) is 0 Å². The maximum absolute atomic E-state index is 12.9. The Morgan fingerprint density at radius 2 is 1.55 bits per heavy atom. The van der Waals surface area contributed by atoms with Crippen molar-refractivity contribution in [1.82, 2.24) is 0 Å². The molecule has 0 radical (unpaired) electrons. The average Bonchev–Trinajstić information content (AvgIpc) is 2.73. The van der Waals surface area contributed by atoms with Crippen molar-refractivity contribution in [2.45, 2.75) is 38.5 Å². The molecule has 0 aromatic heterocycles. The third kappa shape index (κ3) is 5.27. The van der Waals surface area contributed by atoms with E-state index in [9.17, 15) is 13.2 Å². The molecule has 0 spiro atoms. The fourth-order valence-electron chi connectivity index (χ4n) is 3.28. The Morgan fingerprint density at radius 1 is 0.935 bits per heavy atom. The summed E-state index contributed by atoms with van der Waals surface area (Å²) in [6, 6.07) is 17.0. The summed E-state index contributed by atoms with van der Waals surface area (Å²) in [6.45, 7) is 5.95. The summed E-state index contributed by atoms with van der Waals surface area (Å²) >= 11 is 6.34. The minimum Gasteiger partial charge on any atom is -0.321 e. The molecule has 0 heterocycles. The maximum Gasteiger partial charge on any atom is 0.261 e. The van der Waals surface area contributed by atoms with Gasteiger partial charge < -0.3 is 5.32 Å². The van der Waals surface area contributed by atoms with E-state index >= 15 is 0 Å². The lowest BCUT2D eigenvalue weighted by Gasteiger charge is -2.15. The number of anilines is 2. The minimum atomic E-state index is -3.76. The highest BCUT2D eigenvalue weighted by Gasteiger charge is 2.18. The lowest BCUT2D eigenvalue weighted by atomic mass is 10.0. The highest BCUT2D eigenvalue weighted by Crippen LogP contribution is 2.27. The number of rotatable bonds is 7. The monoisotopic (exact) mass is 456 g/mol. The van der Waals surface area contributed by atoms with Crippen LogP contribution in [0.5, 0.6) is 0 Å². The first kappa shape index (κ1) is 22.8. The number of carbonyl (C=O) groups excluding carboxylic acids is 1. The van der Waals surface area contributed by atoms with Gasteiger partial charge in [-0.15, -0.1) is 0 Å². The van der Waals surface area contributed by atoms with Crippen LogP contribution in [-0.4, -0.2) is 14.3 Å². The second kappa shape index (κ2) is 9.54. The maximum atomic E-state index is 12.9. The zero-order valence-corrected chi connectivity index (χ0v) is 19.3. The first-order valence-corrected chi connectivity index (χ1v) is 11.9. The van der Waals surface area contributed by atoms with Crippen LogP contribution in [0, 0.1) is 6.92 Å². The van der Waals surface area contributed by atoms with Crippen molar-refractivity contribution in [3.8, 4) is 0 Å². The van der Waals surface area contributed by atoms with Gasteiger partial charge in [0.25, 0.3) is 15.9 Å². The lowest BCUT2D eigenvalue weighted by molar-refractivity contribution is 0.102. The second-order valence-corrected chi connectivity index (χ2v) is 9.32. The molecule has 3 rings (SSSR count). The van der Waals surface area contributed by atoms with E-state index in [1.807, 2.05) is 39.0 Å². The van der Waals surface area contributed by atoms with Crippen molar-refractivity contribution >= 4 is 38.9 Å². The van der Waals surface area contributed by atoms with Gasteiger partial charge in [-0.05, 0) is 61.2 Å². The van der Waals surface area contributed by atoms with E-state index in [0.29, 0.717) is 0 Å². The normalized spacial score (nSPS) is 11.2. The quantitative estimate of drug-likeness (QED) is 0.470. The first-order valence-electron chi connectivity index (χ1n) is 10.1. The van der Waals surface area contributed by atoms with E-state index < -0.39 is 10.0 Å². The van der Waals surface area contributed by atoms with Gasteiger partial charge in [-0.25, -0.2) is 8.42 Å². The van der Waals surface area contributed by atoms with Crippen molar-refractivity contribution in [3.63, 3.8) is 0 Å².